The maximum atomic E-state index is 13.7. The summed E-state index contributed by atoms with van der Waals surface area (Å²) in [7, 11) is 0. The summed E-state index contributed by atoms with van der Waals surface area (Å²) in [6.07, 6.45) is 0. The van der Waals surface area contributed by atoms with Gasteiger partial charge in [0.25, 0.3) is 0 Å². The Morgan fingerprint density at radius 1 is 1.00 bits per heavy atom. The fourth-order valence-electron chi connectivity index (χ4n) is 5.05. The molecule has 1 aromatic heterocycles. The van der Waals surface area contributed by atoms with Gasteiger partial charge < -0.3 is 19.5 Å². The number of hydrogen-bond acceptors (Lipinski definition) is 3. The highest BCUT2D eigenvalue weighted by Gasteiger charge is 2.48. The Kier molecular flexibility index (Phi) is 4.62. The molecule has 0 radical (unpaired) electrons. The molecule has 0 bridgehead atoms. The maximum Gasteiger partial charge on any atom is 0.336 e. The number of nitrogens with zero attached hydrogens (tertiary/aromatic N) is 1. The van der Waals surface area contributed by atoms with E-state index in [-0.39, 0.29) is 17.1 Å². The summed E-state index contributed by atoms with van der Waals surface area (Å²) >= 11 is 0. The number of benzene rings is 3. The third kappa shape index (κ3) is 3.05. The van der Waals surface area contributed by atoms with Crippen LogP contribution in [0, 0.1) is 5.82 Å². The molecular formula is C27H24FNO4. The summed E-state index contributed by atoms with van der Waals surface area (Å²) in [5, 5.41) is 21.5. The fourth-order valence-corrected chi connectivity index (χ4v) is 5.05. The minimum absolute atomic E-state index is 0.0740. The summed E-state index contributed by atoms with van der Waals surface area (Å²) < 4.78 is 22.2. The number of carboxylic acid groups (broad SMARTS) is 1. The van der Waals surface area contributed by atoms with Gasteiger partial charge >= 0.3 is 5.97 Å². The Morgan fingerprint density at radius 3 is 2.39 bits per heavy atom. The zero-order valence-corrected chi connectivity index (χ0v) is 18.6. The van der Waals surface area contributed by atoms with Crippen LogP contribution in [0.5, 0.6) is 5.75 Å². The van der Waals surface area contributed by atoms with E-state index in [4.69, 9.17) is 4.74 Å². The van der Waals surface area contributed by atoms with Crippen molar-refractivity contribution in [3.63, 3.8) is 0 Å². The smallest absolute Gasteiger partial charge is 0.336 e. The van der Waals surface area contributed by atoms with Crippen LogP contribution in [0.3, 0.4) is 0 Å². The number of aromatic carboxylic acids is 1. The zero-order valence-electron chi connectivity index (χ0n) is 18.6. The monoisotopic (exact) mass is 445 g/mol. The number of hydrogen-bond donors (Lipinski definition) is 2. The Morgan fingerprint density at radius 2 is 1.70 bits per heavy atom. The van der Waals surface area contributed by atoms with Gasteiger partial charge in [-0.15, -0.1) is 0 Å². The van der Waals surface area contributed by atoms with Gasteiger partial charge in [0.05, 0.1) is 17.7 Å². The van der Waals surface area contributed by atoms with Crippen molar-refractivity contribution in [1.82, 2.24) is 4.57 Å². The van der Waals surface area contributed by atoms with E-state index in [0.29, 0.717) is 23.1 Å². The maximum absolute atomic E-state index is 13.7. The quantitative estimate of drug-likeness (QED) is 0.422. The molecule has 0 amide bonds. The van der Waals surface area contributed by atoms with Crippen molar-refractivity contribution in [2.45, 2.75) is 31.8 Å². The van der Waals surface area contributed by atoms with Crippen LogP contribution in [0.4, 0.5) is 4.39 Å². The number of fused-ring (bicyclic) bond motifs is 3. The Labute approximate surface area is 190 Å². The van der Waals surface area contributed by atoms with Crippen molar-refractivity contribution < 1.29 is 24.1 Å². The second-order valence-corrected chi connectivity index (χ2v) is 9.26. The number of carbonyl (C=O) groups is 1. The van der Waals surface area contributed by atoms with E-state index in [1.54, 1.807) is 48.5 Å². The Bertz CT molecular complexity index is 1400. The highest BCUT2D eigenvalue weighted by atomic mass is 19.1. The van der Waals surface area contributed by atoms with Gasteiger partial charge in [0, 0.05) is 33.3 Å². The molecule has 5 rings (SSSR count). The second-order valence-electron chi connectivity index (χ2n) is 9.26. The molecule has 1 aliphatic heterocycles. The van der Waals surface area contributed by atoms with Crippen LogP contribution < -0.4 is 0 Å². The average Bonchev–Trinajstić information content (AvgIpc) is 3.16. The highest BCUT2D eigenvalue weighted by molar-refractivity contribution is 5.96. The first-order valence-electron chi connectivity index (χ1n) is 10.8. The van der Waals surface area contributed by atoms with Crippen LogP contribution in [-0.2, 0) is 15.8 Å². The van der Waals surface area contributed by atoms with Crippen LogP contribution in [0.2, 0.25) is 0 Å². The molecule has 0 spiro atoms. The first-order valence-corrected chi connectivity index (χ1v) is 10.8. The van der Waals surface area contributed by atoms with E-state index in [2.05, 4.69) is 0 Å². The molecule has 2 N–H and O–H groups in total. The number of rotatable bonds is 3. The molecule has 0 saturated carbocycles. The molecule has 3 aromatic carbocycles. The van der Waals surface area contributed by atoms with Crippen molar-refractivity contribution in [3.05, 3.63) is 94.9 Å². The van der Waals surface area contributed by atoms with E-state index in [9.17, 15) is 19.4 Å². The first-order chi connectivity index (χ1) is 15.6. The summed E-state index contributed by atoms with van der Waals surface area (Å²) in [6.45, 7) is 6.27. The van der Waals surface area contributed by atoms with E-state index in [0.717, 1.165) is 16.9 Å². The number of phenols is 1. The largest absolute Gasteiger partial charge is 0.507 e. The molecular weight excluding hydrogens is 421 g/mol. The van der Waals surface area contributed by atoms with E-state index in [1.807, 2.05) is 31.4 Å². The number of phenolic OH excluding ortho intramolecular Hbond substituents is 1. The minimum Gasteiger partial charge on any atom is -0.507 e. The Hall–Kier alpha value is -3.64. The standard InChI is InChI=1S/C27H24FNO4/c1-26(2)15-33-27(3,19-8-5-4-7-18(19)25(31)32)23-22-20(9-6-10-21(22)30)29(24(23)26)17-13-11-16(28)12-14-17/h4-14,30H,15H2,1-3H3,(H,31,32). The van der Waals surface area contributed by atoms with Crippen LogP contribution in [0.25, 0.3) is 16.6 Å². The average molecular weight is 445 g/mol. The molecule has 1 unspecified atom stereocenters. The van der Waals surface area contributed by atoms with Crippen molar-refractivity contribution in [2.24, 2.45) is 0 Å². The van der Waals surface area contributed by atoms with Gasteiger partial charge in [0.1, 0.15) is 17.2 Å². The van der Waals surface area contributed by atoms with Crippen molar-refractivity contribution >= 4 is 16.9 Å². The van der Waals surface area contributed by atoms with Crippen LogP contribution >= 0.6 is 0 Å². The molecule has 6 heteroatoms. The van der Waals surface area contributed by atoms with Crippen LogP contribution in [0.1, 0.15) is 48.0 Å². The third-order valence-corrected chi connectivity index (χ3v) is 6.57. The second kappa shape index (κ2) is 7.18. The van der Waals surface area contributed by atoms with Crippen molar-refractivity contribution in [3.8, 4) is 11.4 Å². The SMILES string of the molecule is CC1(C)COC(C)(c2ccccc2C(=O)O)c2c1n(-c1ccc(F)cc1)c1cccc(O)c21. The van der Waals surface area contributed by atoms with Gasteiger partial charge in [0.15, 0.2) is 0 Å². The van der Waals surface area contributed by atoms with Gasteiger partial charge in [-0.05, 0) is 49.4 Å². The van der Waals surface area contributed by atoms with E-state index >= 15 is 0 Å². The lowest BCUT2D eigenvalue weighted by Crippen LogP contribution is -2.43. The molecule has 0 aliphatic carbocycles. The summed E-state index contributed by atoms with van der Waals surface area (Å²) in [5.74, 6) is -1.31. The molecule has 168 valence electrons. The summed E-state index contributed by atoms with van der Waals surface area (Å²) in [6, 6.07) is 18.3. The molecule has 0 saturated heterocycles. The number of carboxylic acids is 1. The van der Waals surface area contributed by atoms with Crippen molar-refractivity contribution in [1.29, 1.82) is 0 Å². The lowest BCUT2D eigenvalue weighted by atomic mass is 9.74. The topological polar surface area (TPSA) is 71.7 Å². The lowest BCUT2D eigenvalue weighted by Gasteiger charge is -2.43. The number of ether oxygens (including phenoxy) is 1. The van der Waals surface area contributed by atoms with Gasteiger partial charge in [-0.25, -0.2) is 9.18 Å². The van der Waals surface area contributed by atoms with Gasteiger partial charge in [-0.1, -0.05) is 38.1 Å². The molecule has 5 nitrogen and oxygen atoms in total. The molecule has 33 heavy (non-hydrogen) atoms. The zero-order chi connectivity index (χ0) is 23.5. The normalized spacial score (nSPS) is 19.4. The van der Waals surface area contributed by atoms with Gasteiger partial charge in [0.2, 0.25) is 0 Å². The molecule has 2 heterocycles. The van der Waals surface area contributed by atoms with Gasteiger partial charge in [-0.3, -0.25) is 0 Å². The summed E-state index contributed by atoms with van der Waals surface area (Å²) in [5.41, 5.74) is 2.12. The van der Waals surface area contributed by atoms with E-state index < -0.39 is 17.0 Å². The Balaban J connectivity index is 1.96. The predicted octanol–water partition coefficient (Wildman–Crippen LogP) is 5.74. The molecule has 0 fully saturated rings. The van der Waals surface area contributed by atoms with Crippen LogP contribution in [0.15, 0.2) is 66.7 Å². The predicted molar refractivity (Wildman–Crippen MR) is 124 cm³/mol. The lowest BCUT2D eigenvalue weighted by molar-refractivity contribution is -0.0442. The minimum atomic E-state index is -1.14. The number of aromatic nitrogens is 1. The molecule has 1 aliphatic rings. The van der Waals surface area contributed by atoms with Crippen molar-refractivity contribution in [2.75, 3.05) is 6.61 Å². The first kappa shape index (κ1) is 21.2. The summed E-state index contributed by atoms with van der Waals surface area (Å²) in [4.78, 5) is 12.1. The number of halogens is 1. The van der Waals surface area contributed by atoms with Crippen LogP contribution in [-0.4, -0.2) is 27.4 Å². The third-order valence-electron chi connectivity index (χ3n) is 6.57. The van der Waals surface area contributed by atoms with Gasteiger partial charge in [-0.2, -0.15) is 0 Å². The number of aromatic hydroxyl groups is 1. The molecule has 4 aromatic rings. The molecule has 1 atom stereocenters. The van der Waals surface area contributed by atoms with E-state index in [1.165, 1.54) is 12.1 Å². The highest BCUT2D eigenvalue weighted by Crippen LogP contribution is 2.52. The fraction of sp³-hybridized carbons (Fsp3) is 0.222.